The van der Waals surface area contributed by atoms with Crippen LogP contribution in [0.1, 0.15) is 11.4 Å². The van der Waals surface area contributed by atoms with Gasteiger partial charge in [-0.3, -0.25) is 0 Å². The standard InChI is InChI=1S/C20H14N8S2/c21-11-15-17(19(23)27(25-15)13-7-3-1-4-8-13)29-30-18-16(12-22)26-28(20(18)24)14-9-5-2-6-10-14/h1-10H,23-24H2. The lowest BCUT2D eigenvalue weighted by Crippen LogP contribution is -2.01. The van der Waals surface area contributed by atoms with Crippen LogP contribution in [0.25, 0.3) is 11.4 Å². The second kappa shape index (κ2) is 8.25. The summed E-state index contributed by atoms with van der Waals surface area (Å²) in [5.41, 5.74) is 14.4. The predicted octanol–water partition coefficient (Wildman–Crippen LogP) is 3.77. The molecule has 2 aromatic heterocycles. The topological polar surface area (TPSA) is 135 Å². The molecule has 2 aromatic carbocycles. The van der Waals surface area contributed by atoms with Crippen molar-refractivity contribution in [2.24, 2.45) is 0 Å². The van der Waals surface area contributed by atoms with E-state index in [9.17, 15) is 10.5 Å². The van der Waals surface area contributed by atoms with Crippen molar-refractivity contribution < 1.29 is 0 Å². The number of para-hydroxylation sites is 2. The summed E-state index contributed by atoms with van der Waals surface area (Å²) in [6, 6.07) is 22.8. The summed E-state index contributed by atoms with van der Waals surface area (Å²) >= 11 is 0. The Morgan fingerprint density at radius 1 is 0.667 bits per heavy atom. The van der Waals surface area contributed by atoms with Crippen molar-refractivity contribution in [1.29, 1.82) is 10.5 Å². The first-order chi connectivity index (χ1) is 14.6. The number of nitrogens with zero attached hydrogens (tertiary/aromatic N) is 6. The van der Waals surface area contributed by atoms with Crippen molar-refractivity contribution in [3.8, 4) is 23.5 Å². The Balaban J connectivity index is 1.68. The summed E-state index contributed by atoms with van der Waals surface area (Å²) in [5, 5.41) is 27.6. The van der Waals surface area contributed by atoms with Gasteiger partial charge < -0.3 is 11.5 Å². The Morgan fingerprint density at radius 2 is 1.03 bits per heavy atom. The molecule has 8 nitrogen and oxygen atoms in total. The highest BCUT2D eigenvalue weighted by atomic mass is 33.1. The number of hydrogen-bond donors (Lipinski definition) is 2. The minimum Gasteiger partial charge on any atom is -0.383 e. The molecular weight excluding hydrogens is 416 g/mol. The van der Waals surface area contributed by atoms with Gasteiger partial charge in [0.15, 0.2) is 11.4 Å². The third-order valence-corrected chi connectivity index (χ3v) is 6.65. The minimum atomic E-state index is 0.196. The van der Waals surface area contributed by atoms with Gasteiger partial charge in [-0.2, -0.15) is 20.7 Å². The van der Waals surface area contributed by atoms with Crippen molar-refractivity contribution >= 4 is 33.2 Å². The van der Waals surface area contributed by atoms with Crippen LogP contribution in [0.2, 0.25) is 0 Å². The van der Waals surface area contributed by atoms with Crippen molar-refractivity contribution in [2.75, 3.05) is 11.5 Å². The Kier molecular flexibility index (Phi) is 5.35. The van der Waals surface area contributed by atoms with E-state index in [1.54, 1.807) is 0 Å². The lowest BCUT2D eigenvalue weighted by molar-refractivity contribution is 0.883. The normalized spacial score (nSPS) is 10.5. The molecule has 4 N–H and O–H groups in total. The Labute approximate surface area is 180 Å². The monoisotopic (exact) mass is 430 g/mol. The molecule has 0 saturated carbocycles. The molecule has 0 aliphatic rings. The van der Waals surface area contributed by atoms with Crippen molar-refractivity contribution in [2.45, 2.75) is 9.79 Å². The van der Waals surface area contributed by atoms with Gasteiger partial charge in [-0.25, -0.2) is 9.36 Å². The van der Waals surface area contributed by atoms with E-state index in [1.807, 2.05) is 60.7 Å². The number of nitrogen functional groups attached to an aromatic ring is 2. The lowest BCUT2D eigenvalue weighted by atomic mass is 10.3. The van der Waals surface area contributed by atoms with Crippen LogP contribution in [-0.2, 0) is 0 Å². The van der Waals surface area contributed by atoms with Crippen LogP contribution in [0.5, 0.6) is 0 Å². The number of hydrogen-bond acceptors (Lipinski definition) is 8. The molecule has 2 heterocycles. The first-order valence-electron chi connectivity index (χ1n) is 8.66. The van der Waals surface area contributed by atoms with Gasteiger partial charge in [-0.05, 0) is 45.9 Å². The molecular formula is C20H14N8S2. The van der Waals surface area contributed by atoms with Gasteiger partial charge in [0.25, 0.3) is 0 Å². The van der Waals surface area contributed by atoms with Gasteiger partial charge in [0.05, 0.1) is 21.2 Å². The van der Waals surface area contributed by atoms with Crippen LogP contribution < -0.4 is 11.5 Å². The molecule has 0 saturated heterocycles. The van der Waals surface area contributed by atoms with Crippen molar-refractivity contribution in [1.82, 2.24) is 19.6 Å². The average Bonchev–Trinajstić information content (AvgIpc) is 3.29. The summed E-state index contributed by atoms with van der Waals surface area (Å²) < 4.78 is 3.03. The number of benzene rings is 2. The summed E-state index contributed by atoms with van der Waals surface area (Å²) in [5.74, 6) is 0.672. The van der Waals surface area contributed by atoms with Crippen LogP contribution in [0.4, 0.5) is 11.6 Å². The van der Waals surface area contributed by atoms with Gasteiger partial charge in [0.2, 0.25) is 0 Å². The molecule has 0 fully saturated rings. The Bertz CT molecular complexity index is 1180. The fourth-order valence-corrected chi connectivity index (χ4v) is 5.09. The van der Waals surface area contributed by atoms with E-state index in [2.05, 4.69) is 22.3 Å². The molecule has 0 amide bonds. The zero-order valence-electron chi connectivity index (χ0n) is 15.4. The van der Waals surface area contributed by atoms with E-state index in [0.717, 1.165) is 11.4 Å². The molecule has 30 heavy (non-hydrogen) atoms. The molecule has 0 aliphatic heterocycles. The van der Waals surface area contributed by atoms with E-state index in [-0.39, 0.29) is 11.4 Å². The minimum absolute atomic E-state index is 0.196. The van der Waals surface area contributed by atoms with Crippen molar-refractivity contribution in [3.63, 3.8) is 0 Å². The highest BCUT2D eigenvalue weighted by molar-refractivity contribution is 8.76. The molecule has 10 heteroatoms. The predicted molar refractivity (Wildman–Crippen MR) is 117 cm³/mol. The summed E-state index contributed by atoms with van der Waals surface area (Å²) in [7, 11) is 2.44. The van der Waals surface area contributed by atoms with Gasteiger partial charge >= 0.3 is 0 Å². The van der Waals surface area contributed by atoms with E-state index in [4.69, 9.17) is 11.5 Å². The molecule has 0 atom stereocenters. The molecule has 0 aliphatic carbocycles. The number of nitriles is 2. The average molecular weight is 431 g/mol. The second-order valence-corrected chi connectivity index (χ2v) is 8.16. The Hall–Kier alpha value is -3.86. The molecule has 0 spiro atoms. The fraction of sp³-hybridized carbons (Fsp3) is 0. The number of rotatable bonds is 5. The first kappa shape index (κ1) is 19.5. The third kappa shape index (κ3) is 3.46. The van der Waals surface area contributed by atoms with E-state index in [1.165, 1.54) is 31.0 Å². The van der Waals surface area contributed by atoms with Crippen LogP contribution in [0.15, 0.2) is 70.5 Å². The second-order valence-electron chi connectivity index (χ2n) is 6.01. The first-order valence-corrected chi connectivity index (χ1v) is 10.8. The maximum atomic E-state index is 9.51. The van der Waals surface area contributed by atoms with Crippen LogP contribution in [0, 0.1) is 22.7 Å². The maximum Gasteiger partial charge on any atom is 0.179 e. The molecule has 4 aromatic rings. The van der Waals surface area contributed by atoms with Crippen molar-refractivity contribution in [3.05, 3.63) is 72.1 Å². The van der Waals surface area contributed by atoms with E-state index >= 15 is 0 Å². The molecule has 0 radical (unpaired) electrons. The summed E-state index contributed by atoms with van der Waals surface area (Å²) in [6.07, 6.45) is 0. The van der Waals surface area contributed by atoms with Crippen LogP contribution in [0.3, 0.4) is 0 Å². The third-order valence-electron chi connectivity index (χ3n) is 4.17. The summed E-state index contributed by atoms with van der Waals surface area (Å²) in [4.78, 5) is 1.00. The number of anilines is 2. The quantitative estimate of drug-likeness (QED) is 0.457. The van der Waals surface area contributed by atoms with E-state index < -0.39 is 0 Å². The lowest BCUT2D eigenvalue weighted by Gasteiger charge is -2.05. The maximum absolute atomic E-state index is 9.51. The van der Waals surface area contributed by atoms with E-state index in [0.29, 0.717) is 21.4 Å². The zero-order valence-corrected chi connectivity index (χ0v) is 17.1. The van der Waals surface area contributed by atoms with Gasteiger partial charge in [-0.15, -0.1) is 0 Å². The number of aromatic nitrogens is 4. The molecule has 0 unspecified atom stereocenters. The van der Waals surface area contributed by atoms with Gasteiger partial charge in [0.1, 0.15) is 23.8 Å². The zero-order chi connectivity index (χ0) is 21.1. The van der Waals surface area contributed by atoms with Gasteiger partial charge in [-0.1, -0.05) is 36.4 Å². The highest BCUT2D eigenvalue weighted by Crippen LogP contribution is 2.45. The largest absolute Gasteiger partial charge is 0.383 e. The number of nitrogens with two attached hydrogens (primary N) is 2. The van der Waals surface area contributed by atoms with Crippen LogP contribution in [-0.4, -0.2) is 19.6 Å². The highest BCUT2D eigenvalue weighted by Gasteiger charge is 2.22. The Morgan fingerprint density at radius 3 is 1.37 bits per heavy atom. The summed E-state index contributed by atoms with van der Waals surface area (Å²) in [6.45, 7) is 0. The molecule has 4 rings (SSSR count). The fourth-order valence-electron chi connectivity index (χ4n) is 2.76. The molecule has 0 bridgehead atoms. The smallest absolute Gasteiger partial charge is 0.179 e. The van der Waals surface area contributed by atoms with Crippen LogP contribution >= 0.6 is 21.6 Å². The van der Waals surface area contributed by atoms with Gasteiger partial charge in [0, 0.05) is 0 Å². The SMILES string of the molecule is N#Cc1nn(-c2ccccc2)c(N)c1SSc1c(C#N)nn(-c2ccccc2)c1N. The molecule has 146 valence electrons.